The smallest absolute Gasteiger partial charge is 0.294 e. The molecule has 90 valence electrons. The SMILES string of the molecule is CN(CCO[N+](=O)[O-])C(=O)C1CSC(=O)N1. The molecule has 16 heavy (non-hydrogen) atoms. The van der Waals surface area contributed by atoms with Gasteiger partial charge in [0.1, 0.15) is 12.6 Å². The normalized spacial score (nSPS) is 19.1. The molecule has 0 bridgehead atoms. The largest absolute Gasteiger partial charge is 0.342 e. The minimum Gasteiger partial charge on any atom is -0.342 e. The number of nitrogens with one attached hydrogen (secondary N) is 1. The summed E-state index contributed by atoms with van der Waals surface area (Å²) >= 11 is 1.04. The first-order valence-electron chi connectivity index (χ1n) is 4.46. The van der Waals surface area contributed by atoms with Crippen LogP contribution in [0.3, 0.4) is 0 Å². The van der Waals surface area contributed by atoms with Gasteiger partial charge >= 0.3 is 0 Å². The van der Waals surface area contributed by atoms with E-state index in [-0.39, 0.29) is 24.3 Å². The minimum absolute atomic E-state index is 0.108. The van der Waals surface area contributed by atoms with Gasteiger partial charge < -0.3 is 15.1 Å². The van der Waals surface area contributed by atoms with Crippen molar-refractivity contribution in [2.45, 2.75) is 6.04 Å². The molecule has 0 saturated carbocycles. The third-order valence-electron chi connectivity index (χ3n) is 1.97. The zero-order chi connectivity index (χ0) is 12.1. The number of carbonyl (C=O) groups is 2. The van der Waals surface area contributed by atoms with Gasteiger partial charge in [-0.25, -0.2) is 0 Å². The van der Waals surface area contributed by atoms with E-state index in [4.69, 9.17) is 0 Å². The third-order valence-corrected chi connectivity index (χ3v) is 2.85. The molecule has 8 nitrogen and oxygen atoms in total. The molecule has 0 aromatic rings. The number of nitrogens with zero attached hydrogens (tertiary/aromatic N) is 2. The second-order valence-electron chi connectivity index (χ2n) is 3.11. The van der Waals surface area contributed by atoms with Crippen LogP contribution in [0.4, 0.5) is 4.79 Å². The minimum atomic E-state index is -0.911. The van der Waals surface area contributed by atoms with Gasteiger partial charge in [0, 0.05) is 19.3 Å². The van der Waals surface area contributed by atoms with Gasteiger partial charge in [-0.2, -0.15) is 0 Å². The summed E-state index contributed by atoms with van der Waals surface area (Å²) in [5, 5.41) is 11.2. The van der Waals surface area contributed by atoms with Crippen LogP contribution in [0.1, 0.15) is 0 Å². The average Bonchev–Trinajstić information content (AvgIpc) is 2.63. The Balaban J connectivity index is 2.30. The molecule has 1 aliphatic rings. The Morgan fingerprint density at radius 1 is 1.81 bits per heavy atom. The van der Waals surface area contributed by atoms with Gasteiger partial charge in [-0.15, -0.1) is 10.1 Å². The van der Waals surface area contributed by atoms with Crippen molar-refractivity contribution in [1.82, 2.24) is 10.2 Å². The van der Waals surface area contributed by atoms with Crippen LogP contribution >= 0.6 is 11.8 Å². The van der Waals surface area contributed by atoms with E-state index in [1.807, 2.05) is 0 Å². The van der Waals surface area contributed by atoms with Crippen molar-refractivity contribution < 1.29 is 19.5 Å². The zero-order valence-electron chi connectivity index (χ0n) is 8.54. The van der Waals surface area contributed by atoms with E-state index in [1.165, 1.54) is 11.9 Å². The molecule has 1 atom stereocenters. The lowest BCUT2D eigenvalue weighted by atomic mass is 10.3. The summed E-state index contributed by atoms with van der Waals surface area (Å²) in [6, 6.07) is -0.543. The molecule has 1 unspecified atom stereocenters. The van der Waals surface area contributed by atoms with Gasteiger partial charge in [-0.05, 0) is 0 Å². The van der Waals surface area contributed by atoms with Gasteiger partial charge in [0.2, 0.25) is 5.91 Å². The van der Waals surface area contributed by atoms with E-state index in [2.05, 4.69) is 10.2 Å². The van der Waals surface area contributed by atoms with Crippen LogP contribution in [-0.4, -0.2) is 53.1 Å². The number of thioether (sulfide) groups is 1. The van der Waals surface area contributed by atoms with Crippen LogP contribution in [0.2, 0.25) is 0 Å². The molecule has 9 heteroatoms. The van der Waals surface area contributed by atoms with Crippen molar-refractivity contribution in [2.24, 2.45) is 0 Å². The summed E-state index contributed by atoms with van der Waals surface area (Å²) < 4.78 is 0. The monoisotopic (exact) mass is 249 g/mol. The van der Waals surface area contributed by atoms with Crippen LogP contribution in [0.5, 0.6) is 0 Å². The Morgan fingerprint density at radius 3 is 3.00 bits per heavy atom. The molecule has 0 spiro atoms. The van der Waals surface area contributed by atoms with Crippen molar-refractivity contribution in [3.63, 3.8) is 0 Å². The molecule has 0 aliphatic carbocycles. The van der Waals surface area contributed by atoms with Crippen LogP contribution in [-0.2, 0) is 9.63 Å². The summed E-state index contributed by atoms with van der Waals surface area (Å²) in [4.78, 5) is 37.7. The molecule has 0 radical (unpaired) electrons. The van der Waals surface area contributed by atoms with Gasteiger partial charge in [-0.3, -0.25) is 9.59 Å². The first kappa shape index (κ1) is 12.6. The van der Waals surface area contributed by atoms with Crippen LogP contribution in [0.15, 0.2) is 0 Å². The van der Waals surface area contributed by atoms with Crippen LogP contribution < -0.4 is 5.32 Å². The lowest BCUT2D eigenvalue weighted by Crippen LogP contribution is -2.44. The molecule has 1 fully saturated rings. The highest BCUT2D eigenvalue weighted by molar-refractivity contribution is 8.14. The maximum absolute atomic E-state index is 11.6. The first-order chi connectivity index (χ1) is 7.50. The number of likely N-dealkylation sites (N-methyl/N-ethyl adjacent to an activating group) is 1. The van der Waals surface area contributed by atoms with Gasteiger partial charge in [0.05, 0.1) is 0 Å². The fourth-order valence-electron chi connectivity index (χ4n) is 1.15. The highest BCUT2D eigenvalue weighted by atomic mass is 32.2. The summed E-state index contributed by atoms with van der Waals surface area (Å²) in [5.74, 6) is 0.114. The molecular formula is C7H11N3O5S. The molecule has 1 N–H and O–H groups in total. The number of hydrogen-bond acceptors (Lipinski definition) is 6. The second-order valence-corrected chi connectivity index (χ2v) is 4.10. The van der Waals surface area contributed by atoms with Crippen LogP contribution in [0, 0.1) is 10.1 Å². The summed E-state index contributed by atoms with van der Waals surface area (Å²) in [6.45, 7) is -0.0695. The predicted molar refractivity (Wildman–Crippen MR) is 55.4 cm³/mol. The number of carbonyl (C=O) groups excluding carboxylic acids is 2. The molecule has 0 aromatic heterocycles. The zero-order valence-corrected chi connectivity index (χ0v) is 9.36. The third kappa shape index (κ3) is 3.57. The number of rotatable bonds is 5. The Hall–Kier alpha value is -1.51. The fourth-order valence-corrected chi connectivity index (χ4v) is 1.92. The van der Waals surface area contributed by atoms with E-state index in [9.17, 15) is 19.7 Å². The molecule has 2 amide bonds. The number of hydrogen-bond donors (Lipinski definition) is 1. The van der Waals surface area contributed by atoms with Crippen molar-refractivity contribution in [2.75, 3.05) is 26.0 Å². The van der Waals surface area contributed by atoms with Crippen molar-refractivity contribution in [1.29, 1.82) is 0 Å². The van der Waals surface area contributed by atoms with Crippen molar-refractivity contribution in [3.05, 3.63) is 10.1 Å². The van der Waals surface area contributed by atoms with E-state index >= 15 is 0 Å². The van der Waals surface area contributed by atoms with Crippen molar-refractivity contribution in [3.8, 4) is 0 Å². The quantitative estimate of drug-likeness (QED) is 0.519. The van der Waals surface area contributed by atoms with Crippen LogP contribution in [0.25, 0.3) is 0 Å². The average molecular weight is 249 g/mol. The summed E-state index contributed by atoms with van der Waals surface area (Å²) in [7, 11) is 1.50. The Kier molecular flexibility index (Phi) is 4.35. The highest BCUT2D eigenvalue weighted by Crippen LogP contribution is 2.14. The lowest BCUT2D eigenvalue weighted by molar-refractivity contribution is -0.757. The maximum Gasteiger partial charge on any atom is 0.294 e. The first-order valence-corrected chi connectivity index (χ1v) is 5.45. The van der Waals surface area contributed by atoms with Gasteiger partial charge in [0.15, 0.2) is 0 Å². The van der Waals surface area contributed by atoms with E-state index in [0.717, 1.165) is 11.8 Å². The van der Waals surface area contributed by atoms with E-state index in [1.54, 1.807) is 0 Å². The van der Waals surface area contributed by atoms with Gasteiger partial charge in [0.25, 0.3) is 10.3 Å². The molecule has 0 aromatic carbocycles. The van der Waals surface area contributed by atoms with Gasteiger partial charge in [-0.1, -0.05) is 11.8 Å². The predicted octanol–water partition coefficient (Wildman–Crippen LogP) is -0.522. The summed E-state index contributed by atoms with van der Waals surface area (Å²) in [5.41, 5.74) is 0. The standard InChI is InChI=1S/C7H11N3O5S/c1-9(2-3-15-10(13)14)6(11)5-4-16-7(12)8-5/h5H,2-4H2,1H3,(H,8,12). The maximum atomic E-state index is 11.6. The van der Waals surface area contributed by atoms with Crippen molar-refractivity contribution >= 4 is 22.9 Å². The lowest BCUT2D eigenvalue weighted by Gasteiger charge is -2.19. The second kappa shape index (κ2) is 5.54. The topological polar surface area (TPSA) is 102 Å². The fraction of sp³-hybridized carbons (Fsp3) is 0.714. The molecule has 1 rings (SSSR count). The Bertz CT molecular complexity index is 310. The Morgan fingerprint density at radius 2 is 2.50 bits per heavy atom. The number of amides is 2. The molecule has 1 heterocycles. The van der Waals surface area contributed by atoms with E-state index < -0.39 is 11.1 Å². The van der Waals surface area contributed by atoms with E-state index in [0.29, 0.717) is 5.75 Å². The molecule has 1 aliphatic heterocycles. The molecule has 1 saturated heterocycles. The summed E-state index contributed by atoms with van der Waals surface area (Å²) in [6.07, 6.45) is 0. The Labute approximate surface area is 95.4 Å². The highest BCUT2D eigenvalue weighted by Gasteiger charge is 2.29. The molecular weight excluding hydrogens is 238 g/mol.